The second-order valence-corrected chi connectivity index (χ2v) is 7.70. The Balaban J connectivity index is 3.69. The van der Waals surface area contributed by atoms with Gasteiger partial charge in [-0.15, -0.1) is 0 Å². The van der Waals surface area contributed by atoms with E-state index in [4.69, 9.17) is 0 Å². The molecule has 5 nitrogen and oxygen atoms in total. The molecule has 1 aliphatic carbocycles. The third kappa shape index (κ3) is 2.98. The fraction of sp³-hybridized carbons (Fsp3) is 0.667. The fourth-order valence-electron chi connectivity index (χ4n) is 2.94. The zero-order valence-corrected chi connectivity index (χ0v) is 14.6. The maximum absolute atomic E-state index is 12.7. The van der Waals surface area contributed by atoms with Crippen LogP contribution in [0.5, 0.6) is 0 Å². The van der Waals surface area contributed by atoms with Crippen molar-refractivity contribution in [1.29, 1.82) is 0 Å². The van der Waals surface area contributed by atoms with Crippen LogP contribution in [0, 0.1) is 22.2 Å². The number of hydrogen-bond acceptors (Lipinski definition) is 5. The second kappa shape index (κ2) is 5.97. The maximum Gasteiger partial charge on any atom is 0.212 e. The highest BCUT2D eigenvalue weighted by Crippen LogP contribution is 2.43. The zero-order chi connectivity index (χ0) is 18.2. The summed E-state index contributed by atoms with van der Waals surface area (Å²) in [7, 11) is 0. The molecule has 1 rings (SSSR count). The highest BCUT2D eigenvalue weighted by Gasteiger charge is 2.55. The average Bonchev–Trinajstić information content (AvgIpc) is 2.50. The van der Waals surface area contributed by atoms with Crippen LogP contribution in [-0.4, -0.2) is 29.1 Å². The third-order valence-corrected chi connectivity index (χ3v) is 5.25. The number of ketones is 4. The van der Waals surface area contributed by atoms with Gasteiger partial charge in [-0.3, -0.25) is 19.2 Å². The Morgan fingerprint density at radius 1 is 0.957 bits per heavy atom. The van der Waals surface area contributed by atoms with E-state index >= 15 is 0 Å². The van der Waals surface area contributed by atoms with E-state index in [1.165, 1.54) is 13.0 Å². The van der Waals surface area contributed by atoms with Gasteiger partial charge in [-0.05, 0) is 19.8 Å². The molecule has 0 heterocycles. The van der Waals surface area contributed by atoms with Gasteiger partial charge in [0.05, 0.1) is 5.41 Å². The molecule has 0 saturated heterocycles. The van der Waals surface area contributed by atoms with Crippen molar-refractivity contribution in [3.8, 4) is 0 Å². The quantitative estimate of drug-likeness (QED) is 0.442. The molecule has 0 radical (unpaired) electrons. The maximum atomic E-state index is 12.7. The minimum absolute atomic E-state index is 0.0719. The number of Topliss-reactive ketones (excluding diaryl/α,β-unsaturated/α-hetero) is 4. The van der Waals surface area contributed by atoms with Gasteiger partial charge in [0.2, 0.25) is 23.1 Å². The van der Waals surface area contributed by atoms with Crippen LogP contribution < -0.4 is 0 Å². The van der Waals surface area contributed by atoms with Gasteiger partial charge in [0.15, 0.2) is 0 Å². The molecule has 5 heteroatoms. The van der Waals surface area contributed by atoms with Crippen LogP contribution in [0.4, 0.5) is 0 Å². The SMILES string of the molecule is CCC1(C)C(=O)C(=O)C(C)(C)CC(C=C=O)C(C)(C)C(=O)C1=O. The van der Waals surface area contributed by atoms with E-state index in [2.05, 4.69) is 0 Å². The number of allylic oxidation sites excluding steroid dienone is 1. The first-order valence-corrected chi connectivity index (χ1v) is 7.75. The van der Waals surface area contributed by atoms with E-state index in [1.54, 1.807) is 40.6 Å². The predicted molar refractivity (Wildman–Crippen MR) is 84.4 cm³/mol. The molecule has 0 amide bonds. The van der Waals surface area contributed by atoms with Crippen molar-refractivity contribution < 1.29 is 24.0 Å². The molecule has 0 N–H and O–H groups in total. The average molecular weight is 320 g/mol. The van der Waals surface area contributed by atoms with Crippen LogP contribution >= 0.6 is 0 Å². The van der Waals surface area contributed by atoms with E-state index in [0.717, 1.165) is 0 Å². The van der Waals surface area contributed by atoms with Gasteiger partial charge in [-0.1, -0.05) is 34.6 Å². The van der Waals surface area contributed by atoms with Gasteiger partial charge < -0.3 is 0 Å². The molecule has 126 valence electrons. The molecule has 0 aromatic carbocycles. The van der Waals surface area contributed by atoms with Gasteiger partial charge in [0, 0.05) is 22.8 Å². The van der Waals surface area contributed by atoms with Crippen LogP contribution in [0.25, 0.3) is 0 Å². The van der Waals surface area contributed by atoms with Crippen LogP contribution in [0.3, 0.4) is 0 Å². The van der Waals surface area contributed by atoms with E-state index < -0.39 is 45.3 Å². The molecule has 0 aliphatic heterocycles. The molecule has 1 fully saturated rings. The van der Waals surface area contributed by atoms with E-state index in [9.17, 15) is 24.0 Å². The fourth-order valence-corrected chi connectivity index (χ4v) is 2.94. The molecule has 0 bridgehead atoms. The highest BCUT2D eigenvalue weighted by atomic mass is 16.2. The van der Waals surface area contributed by atoms with Crippen LogP contribution in [-0.2, 0) is 24.0 Å². The van der Waals surface area contributed by atoms with Crippen LogP contribution in [0.1, 0.15) is 54.4 Å². The number of carbonyl (C=O) groups excluding carboxylic acids is 5. The van der Waals surface area contributed by atoms with E-state index in [0.29, 0.717) is 0 Å². The molecule has 2 unspecified atom stereocenters. The number of rotatable bonds is 2. The summed E-state index contributed by atoms with van der Waals surface area (Å²) in [6, 6.07) is 0. The van der Waals surface area contributed by atoms with Crippen molar-refractivity contribution in [2.24, 2.45) is 22.2 Å². The normalized spacial score (nSPS) is 31.0. The summed E-state index contributed by atoms with van der Waals surface area (Å²) in [6.07, 6.45) is 1.38. The molecule has 1 aliphatic rings. The van der Waals surface area contributed by atoms with Crippen molar-refractivity contribution in [2.45, 2.75) is 54.4 Å². The van der Waals surface area contributed by atoms with E-state index in [1.807, 2.05) is 0 Å². The monoisotopic (exact) mass is 320 g/mol. The Morgan fingerprint density at radius 2 is 1.43 bits per heavy atom. The summed E-state index contributed by atoms with van der Waals surface area (Å²) in [5.74, 6) is -2.07. The summed E-state index contributed by atoms with van der Waals surface area (Å²) < 4.78 is 0. The lowest BCUT2D eigenvalue weighted by Gasteiger charge is -2.33. The minimum Gasteiger partial charge on any atom is -0.290 e. The van der Waals surface area contributed by atoms with Gasteiger partial charge >= 0.3 is 0 Å². The second-order valence-electron chi connectivity index (χ2n) is 7.70. The van der Waals surface area contributed by atoms with Crippen LogP contribution in [0.2, 0.25) is 0 Å². The molecule has 2 atom stereocenters. The Morgan fingerprint density at radius 3 is 1.87 bits per heavy atom. The zero-order valence-electron chi connectivity index (χ0n) is 14.6. The molecular weight excluding hydrogens is 296 g/mol. The van der Waals surface area contributed by atoms with Crippen LogP contribution in [0.15, 0.2) is 6.08 Å². The third-order valence-electron chi connectivity index (χ3n) is 5.25. The molecule has 0 aromatic heterocycles. The Labute approximate surface area is 136 Å². The number of carbonyl (C=O) groups is 4. The minimum atomic E-state index is -1.65. The van der Waals surface area contributed by atoms with Gasteiger partial charge in [0.25, 0.3) is 0 Å². The predicted octanol–water partition coefficient (Wildman–Crippen LogP) is 2.14. The lowest BCUT2D eigenvalue weighted by Crippen LogP contribution is -2.48. The summed E-state index contributed by atoms with van der Waals surface area (Å²) in [4.78, 5) is 61.6. The van der Waals surface area contributed by atoms with E-state index in [-0.39, 0.29) is 12.8 Å². The first-order valence-electron chi connectivity index (χ1n) is 7.75. The first kappa shape index (κ1) is 19.2. The molecule has 1 saturated carbocycles. The largest absolute Gasteiger partial charge is 0.290 e. The van der Waals surface area contributed by atoms with Crippen molar-refractivity contribution in [2.75, 3.05) is 0 Å². The highest BCUT2D eigenvalue weighted by molar-refractivity contribution is 6.53. The summed E-state index contributed by atoms with van der Waals surface area (Å²) in [6.45, 7) is 9.31. The van der Waals surface area contributed by atoms with Crippen molar-refractivity contribution in [3.63, 3.8) is 0 Å². The summed E-state index contributed by atoms with van der Waals surface area (Å²) in [5, 5.41) is 0. The molecule has 23 heavy (non-hydrogen) atoms. The summed E-state index contributed by atoms with van der Waals surface area (Å²) >= 11 is 0. The lowest BCUT2D eigenvalue weighted by molar-refractivity contribution is -0.154. The molecular formula is C18H24O5. The van der Waals surface area contributed by atoms with Gasteiger partial charge in [-0.25, -0.2) is 4.79 Å². The van der Waals surface area contributed by atoms with Crippen molar-refractivity contribution in [3.05, 3.63) is 6.08 Å². The Bertz CT molecular complexity index is 619. The number of hydrogen-bond donors (Lipinski definition) is 0. The molecule has 0 aromatic rings. The smallest absolute Gasteiger partial charge is 0.212 e. The Kier molecular flexibility index (Phi) is 4.98. The standard InChI is InChI=1S/C18H24O5/c1-7-18(6)14(22)12(20)16(2,3)10-11(8-9-19)17(4,5)13(21)15(18)23/h8,11H,7,10H2,1-6H3. The summed E-state index contributed by atoms with van der Waals surface area (Å²) in [5.41, 5.74) is -3.91. The van der Waals surface area contributed by atoms with Gasteiger partial charge in [0.1, 0.15) is 5.94 Å². The van der Waals surface area contributed by atoms with Crippen molar-refractivity contribution in [1.82, 2.24) is 0 Å². The molecule has 0 spiro atoms. The van der Waals surface area contributed by atoms with Crippen molar-refractivity contribution >= 4 is 29.1 Å². The first-order chi connectivity index (χ1) is 10.4. The Hall–Kier alpha value is -1.87. The lowest BCUT2D eigenvalue weighted by atomic mass is 9.67. The van der Waals surface area contributed by atoms with Gasteiger partial charge in [-0.2, -0.15) is 0 Å². The topological polar surface area (TPSA) is 85.3 Å².